The number of rotatable bonds is 6. The molecule has 2 aromatic heterocycles. The van der Waals surface area contributed by atoms with E-state index in [4.69, 9.17) is 8.94 Å². The second kappa shape index (κ2) is 5.50. The molecule has 0 amide bonds. The Morgan fingerprint density at radius 3 is 2.75 bits per heavy atom. The third-order valence-corrected chi connectivity index (χ3v) is 3.37. The van der Waals surface area contributed by atoms with Crippen molar-refractivity contribution in [3.63, 3.8) is 0 Å². The van der Waals surface area contributed by atoms with Gasteiger partial charge >= 0.3 is 5.97 Å². The van der Waals surface area contributed by atoms with Crippen molar-refractivity contribution in [2.45, 2.75) is 32.9 Å². The lowest BCUT2D eigenvalue weighted by Crippen LogP contribution is -2.49. The number of aromatic nitrogens is 1. The fourth-order valence-electron chi connectivity index (χ4n) is 1.96. The van der Waals surface area contributed by atoms with Crippen LogP contribution in [0.15, 0.2) is 33.4 Å². The first kappa shape index (κ1) is 14.3. The van der Waals surface area contributed by atoms with E-state index >= 15 is 0 Å². The molecule has 0 radical (unpaired) electrons. The summed E-state index contributed by atoms with van der Waals surface area (Å²) < 4.78 is 10.4. The van der Waals surface area contributed by atoms with Gasteiger partial charge in [-0.25, -0.2) is 0 Å². The fourth-order valence-corrected chi connectivity index (χ4v) is 1.96. The molecule has 2 rings (SSSR count). The van der Waals surface area contributed by atoms with E-state index in [1.54, 1.807) is 38.3 Å². The van der Waals surface area contributed by atoms with E-state index in [-0.39, 0.29) is 0 Å². The largest absolute Gasteiger partial charge is 0.480 e. The van der Waals surface area contributed by atoms with E-state index in [1.165, 1.54) is 0 Å². The fraction of sp³-hybridized carbons (Fsp3) is 0.429. The minimum Gasteiger partial charge on any atom is -0.480 e. The Morgan fingerprint density at radius 1 is 1.45 bits per heavy atom. The number of hydrogen-bond donors (Lipinski definition) is 1. The molecule has 0 saturated heterocycles. The van der Waals surface area contributed by atoms with E-state index in [2.05, 4.69) is 5.16 Å². The van der Waals surface area contributed by atoms with E-state index < -0.39 is 11.5 Å². The summed E-state index contributed by atoms with van der Waals surface area (Å²) in [5, 5.41) is 13.2. The van der Waals surface area contributed by atoms with Gasteiger partial charge in [-0.05, 0) is 32.5 Å². The van der Waals surface area contributed by atoms with Crippen LogP contribution in [0, 0.1) is 0 Å². The van der Waals surface area contributed by atoms with Gasteiger partial charge in [-0.3, -0.25) is 9.69 Å². The Morgan fingerprint density at radius 2 is 2.20 bits per heavy atom. The van der Waals surface area contributed by atoms with Crippen LogP contribution in [0.4, 0.5) is 0 Å². The molecule has 0 aliphatic carbocycles. The first-order valence-corrected chi connectivity index (χ1v) is 6.43. The zero-order valence-electron chi connectivity index (χ0n) is 11.8. The number of carboxylic acids is 1. The standard InChI is InChI=1S/C14H18N2O4/c1-4-16(14(2,3)13(17)18)9-10-8-12(20-15-10)11-6-5-7-19-11/h5-8H,4,9H2,1-3H3,(H,17,18). The number of furan rings is 1. The van der Waals surface area contributed by atoms with Crippen LogP contribution in [-0.4, -0.2) is 33.2 Å². The predicted octanol–water partition coefficient (Wildman–Crippen LogP) is 2.62. The van der Waals surface area contributed by atoms with Gasteiger partial charge in [-0.1, -0.05) is 12.1 Å². The zero-order chi connectivity index (χ0) is 14.8. The quantitative estimate of drug-likeness (QED) is 0.875. The molecular formula is C14H18N2O4. The molecule has 0 saturated carbocycles. The van der Waals surface area contributed by atoms with Crippen molar-refractivity contribution in [2.24, 2.45) is 0 Å². The highest BCUT2D eigenvalue weighted by Gasteiger charge is 2.34. The number of likely N-dealkylation sites (N-methyl/N-ethyl adjacent to an activating group) is 1. The molecule has 0 fully saturated rings. The minimum absolute atomic E-state index is 0.403. The maximum Gasteiger partial charge on any atom is 0.323 e. The van der Waals surface area contributed by atoms with Crippen LogP contribution < -0.4 is 0 Å². The van der Waals surface area contributed by atoms with Crippen LogP contribution in [0.5, 0.6) is 0 Å². The van der Waals surface area contributed by atoms with Gasteiger partial charge in [0.2, 0.25) is 5.76 Å². The SMILES string of the molecule is CCN(Cc1cc(-c2ccco2)on1)C(C)(C)C(=O)O. The summed E-state index contributed by atoms with van der Waals surface area (Å²) in [5.74, 6) is 0.271. The third kappa shape index (κ3) is 2.75. The minimum atomic E-state index is -0.960. The van der Waals surface area contributed by atoms with Gasteiger partial charge < -0.3 is 14.0 Å². The van der Waals surface area contributed by atoms with Crippen LogP contribution >= 0.6 is 0 Å². The van der Waals surface area contributed by atoms with Crippen molar-refractivity contribution in [1.29, 1.82) is 0 Å². The Balaban J connectivity index is 2.15. The van der Waals surface area contributed by atoms with Crippen LogP contribution in [0.1, 0.15) is 26.5 Å². The highest BCUT2D eigenvalue weighted by molar-refractivity contribution is 5.77. The summed E-state index contributed by atoms with van der Waals surface area (Å²) in [4.78, 5) is 13.1. The molecule has 2 heterocycles. The highest BCUT2D eigenvalue weighted by Crippen LogP contribution is 2.23. The van der Waals surface area contributed by atoms with Crippen LogP contribution in [0.2, 0.25) is 0 Å². The lowest BCUT2D eigenvalue weighted by molar-refractivity contribution is -0.149. The van der Waals surface area contributed by atoms with E-state index in [1.807, 2.05) is 11.8 Å². The normalized spacial score (nSPS) is 12.0. The second-order valence-corrected chi connectivity index (χ2v) is 5.04. The topological polar surface area (TPSA) is 79.7 Å². The van der Waals surface area contributed by atoms with Gasteiger partial charge in [0, 0.05) is 12.6 Å². The van der Waals surface area contributed by atoms with Crippen molar-refractivity contribution in [1.82, 2.24) is 10.1 Å². The number of carbonyl (C=O) groups is 1. The first-order valence-electron chi connectivity index (χ1n) is 6.43. The summed E-state index contributed by atoms with van der Waals surface area (Å²) in [6, 6.07) is 5.31. The molecule has 1 N–H and O–H groups in total. The predicted molar refractivity (Wildman–Crippen MR) is 72.0 cm³/mol. The summed E-state index contributed by atoms with van der Waals surface area (Å²) in [6.07, 6.45) is 1.56. The molecule has 20 heavy (non-hydrogen) atoms. The van der Waals surface area contributed by atoms with Gasteiger partial charge in [0.1, 0.15) is 5.54 Å². The molecule has 0 aliphatic heterocycles. The lowest BCUT2D eigenvalue weighted by atomic mass is 10.0. The van der Waals surface area contributed by atoms with Crippen molar-refractivity contribution in [3.05, 3.63) is 30.2 Å². The molecule has 0 aromatic carbocycles. The maximum atomic E-state index is 11.3. The molecule has 0 atom stereocenters. The lowest BCUT2D eigenvalue weighted by Gasteiger charge is -2.33. The summed E-state index contributed by atoms with van der Waals surface area (Å²) in [5.41, 5.74) is -0.286. The third-order valence-electron chi connectivity index (χ3n) is 3.37. The van der Waals surface area contributed by atoms with E-state index in [0.29, 0.717) is 30.3 Å². The van der Waals surface area contributed by atoms with Crippen molar-refractivity contribution in [2.75, 3.05) is 6.54 Å². The maximum absolute atomic E-state index is 11.3. The van der Waals surface area contributed by atoms with Gasteiger partial charge in [-0.15, -0.1) is 0 Å². The van der Waals surface area contributed by atoms with Gasteiger partial charge in [-0.2, -0.15) is 0 Å². The van der Waals surface area contributed by atoms with Gasteiger partial charge in [0.15, 0.2) is 5.76 Å². The Bertz CT molecular complexity index is 572. The zero-order valence-corrected chi connectivity index (χ0v) is 11.8. The Kier molecular flexibility index (Phi) is 3.94. The Hall–Kier alpha value is -2.08. The van der Waals surface area contributed by atoms with E-state index in [9.17, 15) is 9.90 Å². The molecule has 0 spiro atoms. The van der Waals surface area contributed by atoms with Gasteiger partial charge in [0.25, 0.3) is 0 Å². The van der Waals surface area contributed by atoms with Crippen LogP contribution in [0.3, 0.4) is 0 Å². The van der Waals surface area contributed by atoms with Gasteiger partial charge in [0.05, 0.1) is 12.0 Å². The summed E-state index contributed by atoms with van der Waals surface area (Å²) >= 11 is 0. The van der Waals surface area contributed by atoms with Crippen molar-refractivity contribution in [3.8, 4) is 11.5 Å². The highest BCUT2D eigenvalue weighted by atomic mass is 16.5. The molecule has 6 heteroatoms. The van der Waals surface area contributed by atoms with Crippen molar-refractivity contribution >= 4 is 5.97 Å². The Labute approximate surface area is 117 Å². The monoisotopic (exact) mass is 278 g/mol. The van der Waals surface area contributed by atoms with Crippen LogP contribution in [-0.2, 0) is 11.3 Å². The molecule has 108 valence electrons. The molecule has 6 nitrogen and oxygen atoms in total. The van der Waals surface area contributed by atoms with Crippen LogP contribution in [0.25, 0.3) is 11.5 Å². The average Bonchev–Trinajstić information content (AvgIpc) is 3.06. The number of hydrogen-bond acceptors (Lipinski definition) is 5. The molecule has 2 aromatic rings. The number of nitrogens with zero attached hydrogens (tertiary/aromatic N) is 2. The summed E-state index contributed by atoms with van der Waals surface area (Å²) in [6.45, 7) is 6.26. The molecule has 0 unspecified atom stereocenters. The molecule has 0 aliphatic rings. The summed E-state index contributed by atoms with van der Waals surface area (Å²) in [7, 11) is 0. The second-order valence-electron chi connectivity index (χ2n) is 5.04. The first-order chi connectivity index (χ1) is 9.45. The number of aliphatic carboxylic acids is 1. The van der Waals surface area contributed by atoms with Crippen molar-refractivity contribution < 1.29 is 18.8 Å². The van der Waals surface area contributed by atoms with E-state index in [0.717, 1.165) is 0 Å². The number of carboxylic acid groups (broad SMARTS) is 1. The smallest absolute Gasteiger partial charge is 0.323 e. The molecular weight excluding hydrogens is 260 g/mol. The molecule has 0 bridgehead atoms. The average molecular weight is 278 g/mol.